The van der Waals surface area contributed by atoms with Gasteiger partial charge in [-0.3, -0.25) is 25.0 Å². The molecular formula is C81H67Cl15N5O5Ti5. The molecule has 0 aromatic heterocycles. The molecule has 13 aromatic carbocycles. The summed E-state index contributed by atoms with van der Waals surface area (Å²) in [6.45, 7) is 3.74. The van der Waals surface area contributed by atoms with Gasteiger partial charge in [0.05, 0.1) is 28.4 Å². The molecule has 571 valence electrons. The number of hydrogen-bond donors (Lipinski definition) is 5. The Kier molecular flexibility index (Phi) is 52.2. The number of benzene rings is 13. The molecule has 0 radical (unpaired) electrons. The van der Waals surface area contributed by atoms with Crippen molar-refractivity contribution >= 4 is 221 Å². The van der Waals surface area contributed by atoms with Crippen LogP contribution in [0.2, 0.25) is 0 Å². The molecule has 0 saturated carbocycles. The van der Waals surface area contributed by atoms with Crippen molar-refractivity contribution in [3.8, 4) is 39.9 Å². The van der Waals surface area contributed by atoms with E-state index in [-0.39, 0.29) is 17.2 Å². The van der Waals surface area contributed by atoms with Crippen LogP contribution in [-0.4, -0.2) is 56.6 Å². The minimum absolute atomic E-state index is 0.242. The summed E-state index contributed by atoms with van der Waals surface area (Å²) in [5.74, 6) is 1.33. The molecule has 0 unspecified atom stereocenters. The van der Waals surface area contributed by atoms with Crippen LogP contribution in [0.4, 0.5) is 28.4 Å². The Morgan fingerprint density at radius 1 is 0.243 bits per heavy atom. The standard InChI is InChI=1S/C19H15NO.2C17H13NO.2C14H13NO.15ClH.5Ti/c21-19-16(14-20-17-11-5-2-6-12-17)10-7-13-18(19)15-8-3-1-4-9-15;19-17-11-4-2-7-14(17)12-18-16-10-5-8-13-6-1-3-9-15(13)16;19-17-11-10-13-6-4-5-9-15(13)16(17)12-18-14-7-2-1-3-8-14;2*1-11-6-5-7-12(14(11)16)10-15-13-8-3-2-4-9-13;;;;;;;;;;;;;;;;;;;;/h1-14,21H;2*1-12,19H;2*2-10,16H,1H3;15*1H;;;;;/q;;;;;;;;;;;;;;;;;;;;5*+3/p-15. The second-order valence-corrected chi connectivity index (χ2v) is 60.3. The van der Waals surface area contributed by atoms with Crippen molar-refractivity contribution in [3.05, 3.63) is 348 Å². The average molecular weight is 1960 g/mol. The molecule has 0 aliphatic carbocycles. The van der Waals surface area contributed by atoms with Crippen LogP contribution in [0, 0.1) is 13.8 Å². The molecular weight excluding hydrogens is 1890 g/mol. The molecule has 0 aliphatic heterocycles. The number of nitrogens with zero attached hydrogens (tertiary/aromatic N) is 5. The number of phenols is 5. The van der Waals surface area contributed by atoms with Crippen molar-refractivity contribution in [1.82, 2.24) is 0 Å². The van der Waals surface area contributed by atoms with E-state index in [9.17, 15) is 25.5 Å². The molecule has 5 N–H and O–H groups in total. The van der Waals surface area contributed by atoms with Crippen molar-refractivity contribution < 1.29 is 99.0 Å². The normalized spacial score (nSPS) is 10.2. The van der Waals surface area contributed by atoms with E-state index in [4.69, 9.17) is 140 Å². The molecule has 13 aromatic rings. The molecule has 0 fully saturated rings. The summed E-state index contributed by atoms with van der Waals surface area (Å²) in [6.07, 6.45) is 8.45. The van der Waals surface area contributed by atoms with Crippen molar-refractivity contribution in [2.75, 3.05) is 0 Å². The summed E-state index contributed by atoms with van der Waals surface area (Å²) in [7, 11) is 74.6. The third-order valence-corrected chi connectivity index (χ3v) is 14.1. The fourth-order valence-electron chi connectivity index (χ4n) is 9.19. The summed E-state index contributed by atoms with van der Waals surface area (Å²) >= 11 is -9.58. The maximum absolute atomic E-state index is 10.4. The first-order valence-corrected chi connectivity index (χ1v) is 64.5. The second-order valence-electron chi connectivity index (χ2n) is 21.6. The fraction of sp³-hybridized carbons (Fsp3) is 0.0247. The Morgan fingerprint density at radius 3 is 0.955 bits per heavy atom. The average Bonchev–Trinajstić information content (AvgIpc) is 0.822. The van der Waals surface area contributed by atoms with Crippen LogP contribution < -0.4 is 0 Å². The summed E-state index contributed by atoms with van der Waals surface area (Å²) in [5.41, 5.74) is 11.6. The zero-order valence-electron chi connectivity index (χ0n) is 58.5. The number of phenolic OH excluding ortho intramolecular Hbond substituents is 5. The van der Waals surface area contributed by atoms with Gasteiger partial charge < -0.3 is 25.5 Å². The Hall–Kier alpha value is -4.35. The van der Waals surface area contributed by atoms with Crippen LogP contribution in [0.5, 0.6) is 28.7 Å². The fourth-order valence-corrected chi connectivity index (χ4v) is 9.19. The maximum atomic E-state index is 10.4. The zero-order chi connectivity index (χ0) is 81.3. The Bertz CT molecular complexity index is 4820. The molecule has 30 heteroatoms. The zero-order valence-corrected chi connectivity index (χ0v) is 77.6. The monoisotopic (exact) mass is 1950 g/mol. The Balaban J connectivity index is 0.000000276. The molecule has 0 atom stereocenters. The predicted molar refractivity (Wildman–Crippen MR) is 467 cm³/mol. The number of para-hydroxylation sites is 8. The first-order chi connectivity index (χ1) is 53.2. The van der Waals surface area contributed by atoms with E-state index < -0.39 is 73.4 Å². The van der Waals surface area contributed by atoms with Gasteiger partial charge >= 0.3 is 213 Å². The van der Waals surface area contributed by atoms with Gasteiger partial charge in [0.1, 0.15) is 28.7 Å². The van der Waals surface area contributed by atoms with Gasteiger partial charge in [0.25, 0.3) is 0 Å². The number of aliphatic imine (C=N–C) groups is 5. The SMILES string of the molecule is Cc1cccc(C=Nc2ccccc2)c1O.Cc1cccc(C=Nc2ccccc2)c1O.Oc1c(C=Nc2ccccc2)cccc1-c1ccccc1.Oc1ccc2ccccc2c1C=Nc1ccccc1.Oc1ccccc1C=Nc1cccc2ccccc12.[Cl][Ti]([Cl])[Cl].[Cl][Ti]([Cl])[Cl].[Cl][Ti]([Cl])[Cl].[Cl][Ti]([Cl])[Cl].[Cl][Ti]([Cl])[Cl]. The van der Waals surface area contributed by atoms with E-state index in [1.165, 1.54) is 0 Å². The van der Waals surface area contributed by atoms with E-state index in [1.807, 2.05) is 293 Å². The van der Waals surface area contributed by atoms with E-state index in [2.05, 4.69) is 37.1 Å². The molecule has 0 spiro atoms. The van der Waals surface area contributed by atoms with Gasteiger partial charge in [-0.25, -0.2) is 0 Å². The van der Waals surface area contributed by atoms with Crippen molar-refractivity contribution in [3.63, 3.8) is 0 Å². The van der Waals surface area contributed by atoms with Crippen LogP contribution >= 0.6 is 140 Å². The number of aromatic hydroxyl groups is 5. The van der Waals surface area contributed by atoms with Gasteiger partial charge in [-0.05, 0) is 138 Å². The first kappa shape index (κ1) is 99.0. The van der Waals surface area contributed by atoms with Gasteiger partial charge in [-0.1, -0.05) is 218 Å². The molecule has 111 heavy (non-hydrogen) atoms. The van der Waals surface area contributed by atoms with E-state index in [0.29, 0.717) is 17.1 Å². The summed E-state index contributed by atoms with van der Waals surface area (Å²) in [5, 5.41) is 54.1. The van der Waals surface area contributed by atoms with Gasteiger partial charge in [-0.2, -0.15) is 0 Å². The quantitative estimate of drug-likeness (QED) is 0.0642. The molecule has 10 nitrogen and oxygen atoms in total. The number of hydrogen-bond acceptors (Lipinski definition) is 10. The van der Waals surface area contributed by atoms with Crippen molar-refractivity contribution in [2.45, 2.75) is 13.8 Å². The Morgan fingerprint density at radius 2 is 0.541 bits per heavy atom. The van der Waals surface area contributed by atoms with E-state index in [0.717, 1.165) is 94.5 Å². The third-order valence-electron chi connectivity index (χ3n) is 14.1. The number of aryl methyl sites for hydroxylation is 2. The van der Waals surface area contributed by atoms with Gasteiger partial charge in [0.15, 0.2) is 0 Å². The number of rotatable bonds is 11. The van der Waals surface area contributed by atoms with E-state index >= 15 is 0 Å². The minimum atomic E-state index is -1.92. The molecule has 0 aliphatic rings. The molecule has 0 bridgehead atoms. The van der Waals surface area contributed by atoms with Crippen LogP contribution in [0.25, 0.3) is 32.7 Å². The summed E-state index contributed by atoms with van der Waals surface area (Å²) in [4.78, 5) is 21.9. The van der Waals surface area contributed by atoms with Gasteiger partial charge in [0, 0.05) is 69.8 Å². The molecule has 0 heterocycles. The predicted octanol–water partition coefficient (Wildman–Crippen LogP) is 30.6. The van der Waals surface area contributed by atoms with Crippen molar-refractivity contribution in [1.29, 1.82) is 0 Å². The van der Waals surface area contributed by atoms with Crippen LogP contribution in [0.15, 0.2) is 334 Å². The third kappa shape index (κ3) is 42.9. The second kappa shape index (κ2) is 58.5. The molecule has 13 rings (SSSR count). The van der Waals surface area contributed by atoms with Crippen LogP contribution in [0.1, 0.15) is 38.9 Å². The summed E-state index contributed by atoms with van der Waals surface area (Å²) in [6, 6.07) is 98.3. The van der Waals surface area contributed by atoms with Crippen molar-refractivity contribution in [2.24, 2.45) is 25.0 Å². The number of fused-ring (bicyclic) bond motifs is 2. The summed E-state index contributed by atoms with van der Waals surface area (Å²) < 4.78 is 0. The van der Waals surface area contributed by atoms with Gasteiger partial charge in [0.2, 0.25) is 0 Å². The van der Waals surface area contributed by atoms with Crippen LogP contribution in [-0.2, 0) is 73.4 Å². The van der Waals surface area contributed by atoms with Gasteiger partial charge in [-0.15, -0.1) is 0 Å². The molecule has 0 amide bonds. The number of halogens is 15. The first-order valence-electron chi connectivity index (χ1n) is 32.2. The topological polar surface area (TPSA) is 163 Å². The Labute approximate surface area is 736 Å². The molecule has 0 saturated heterocycles. The van der Waals surface area contributed by atoms with Crippen LogP contribution in [0.3, 0.4) is 0 Å². The van der Waals surface area contributed by atoms with E-state index in [1.54, 1.807) is 49.3 Å².